The summed E-state index contributed by atoms with van der Waals surface area (Å²) in [5, 5.41) is 6.81. The van der Waals surface area contributed by atoms with Crippen molar-refractivity contribution in [3.8, 4) is 5.75 Å². The minimum Gasteiger partial charge on any atom is -0.484 e. The van der Waals surface area contributed by atoms with Gasteiger partial charge in [-0.25, -0.2) is 5.43 Å². The van der Waals surface area contributed by atoms with Crippen molar-refractivity contribution < 1.29 is 14.3 Å². The first-order valence-electron chi connectivity index (χ1n) is 7.15. The zero-order chi connectivity index (χ0) is 17.2. The average molecular weight is 346 g/mol. The Morgan fingerprint density at radius 1 is 1.08 bits per heavy atom. The first-order valence-corrected chi connectivity index (χ1v) is 7.53. The lowest BCUT2D eigenvalue weighted by Crippen LogP contribution is -2.37. The monoisotopic (exact) mass is 345 g/mol. The van der Waals surface area contributed by atoms with Gasteiger partial charge in [0.1, 0.15) is 5.75 Å². The Kier molecular flexibility index (Phi) is 6.79. The third kappa shape index (κ3) is 6.50. The molecule has 0 saturated carbocycles. The number of halogens is 1. The number of carbonyl (C=O) groups excluding carboxylic acids is 2. The minimum absolute atomic E-state index is 0.164. The first-order chi connectivity index (χ1) is 11.6. The van der Waals surface area contributed by atoms with Gasteiger partial charge in [0.2, 0.25) is 0 Å². The van der Waals surface area contributed by atoms with Crippen LogP contribution in [-0.2, 0) is 9.59 Å². The topological polar surface area (TPSA) is 79.8 Å². The summed E-state index contributed by atoms with van der Waals surface area (Å²) in [7, 11) is 0. The molecule has 6 nitrogen and oxygen atoms in total. The standard InChI is InChI=1S/C17H16ClN3O3/c18-14-6-4-5-13(9-14)10-20-21-16(22)11-19-17(23)12-24-15-7-2-1-3-8-15/h1-10H,11-12H2,(H,19,23)(H,21,22)/b20-10+. The zero-order valence-electron chi connectivity index (χ0n) is 12.7. The minimum atomic E-state index is -0.443. The molecule has 0 radical (unpaired) electrons. The number of carbonyl (C=O) groups is 2. The number of nitrogens with one attached hydrogen (secondary N) is 2. The van der Waals surface area contributed by atoms with Crippen molar-refractivity contribution in [2.24, 2.45) is 5.10 Å². The number of amides is 2. The van der Waals surface area contributed by atoms with E-state index in [0.717, 1.165) is 5.56 Å². The molecular formula is C17H16ClN3O3. The fourth-order valence-corrected chi connectivity index (χ4v) is 1.90. The number of rotatable bonds is 7. The third-order valence-corrected chi connectivity index (χ3v) is 3.05. The van der Waals surface area contributed by atoms with E-state index in [1.54, 1.807) is 48.5 Å². The third-order valence-electron chi connectivity index (χ3n) is 2.81. The van der Waals surface area contributed by atoms with E-state index in [4.69, 9.17) is 16.3 Å². The maximum absolute atomic E-state index is 11.6. The molecule has 0 fully saturated rings. The van der Waals surface area contributed by atoms with Crippen molar-refractivity contribution in [1.82, 2.24) is 10.7 Å². The van der Waals surface area contributed by atoms with Crippen molar-refractivity contribution in [2.45, 2.75) is 0 Å². The largest absolute Gasteiger partial charge is 0.484 e. The van der Waals surface area contributed by atoms with Crippen LogP contribution >= 0.6 is 11.6 Å². The molecule has 0 spiro atoms. The van der Waals surface area contributed by atoms with Crippen LogP contribution in [0.1, 0.15) is 5.56 Å². The number of ether oxygens (including phenoxy) is 1. The second kappa shape index (κ2) is 9.32. The van der Waals surface area contributed by atoms with Crippen molar-refractivity contribution >= 4 is 29.6 Å². The van der Waals surface area contributed by atoms with Gasteiger partial charge in [0.05, 0.1) is 12.8 Å². The summed E-state index contributed by atoms with van der Waals surface area (Å²) in [6.45, 7) is -0.354. The highest BCUT2D eigenvalue weighted by Crippen LogP contribution is 2.08. The van der Waals surface area contributed by atoms with Crippen LogP contribution in [0, 0.1) is 0 Å². The molecule has 0 aromatic heterocycles. The molecule has 2 aromatic rings. The molecule has 7 heteroatoms. The first kappa shape index (κ1) is 17.5. The molecule has 0 aliphatic rings. The Hall–Kier alpha value is -2.86. The fraction of sp³-hybridized carbons (Fsp3) is 0.118. The van der Waals surface area contributed by atoms with Gasteiger partial charge in [-0.15, -0.1) is 0 Å². The summed E-state index contributed by atoms with van der Waals surface area (Å²) in [5.41, 5.74) is 3.06. The van der Waals surface area contributed by atoms with E-state index in [9.17, 15) is 9.59 Å². The summed E-state index contributed by atoms with van der Waals surface area (Å²) < 4.78 is 5.26. The highest BCUT2D eigenvalue weighted by molar-refractivity contribution is 6.30. The predicted octanol–water partition coefficient (Wildman–Crippen LogP) is 1.99. The molecule has 2 rings (SSSR count). The quantitative estimate of drug-likeness (QED) is 0.595. The van der Waals surface area contributed by atoms with Crippen LogP contribution < -0.4 is 15.5 Å². The van der Waals surface area contributed by atoms with Crippen molar-refractivity contribution in [2.75, 3.05) is 13.2 Å². The average Bonchev–Trinajstić information content (AvgIpc) is 2.59. The molecule has 2 N–H and O–H groups in total. The van der Waals surface area contributed by atoms with Gasteiger partial charge in [0.25, 0.3) is 11.8 Å². The second-order valence-electron chi connectivity index (χ2n) is 4.73. The molecule has 0 saturated heterocycles. The van der Waals surface area contributed by atoms with E-state index in [1.165, 1.54) is 6.21 Å². The van der Waals surface area contributed by atoms with Gasteiger partial charge in [0.15, 0.2) is 6.61 Å². The smallest absolute Gasteiger partial charge is 0.259 e. The van der Waals surface area contributed by atoms with E-state index in [0.29, 0.717) is 10.8 Å². The number of hydrogen-bond donors (Lipinski definition) is 2. The SMILES string of the molecule is O=C(COc1ccccc1)NCC(=O)N/N=C/c1cccc(Cl)c1. The van der Waals surface area contributed by atoms with E-state index in [1.807, 2.05) is 6.07 Å². The number of hydrogen-bond acceptors (Lipinski definition) is 4. The molecule has 0 heterocycles. The van der Waals surface area contributed by atoms with Gasteiger partial charge in [0, 0.05) is 5.02 Å². The lowest BCUT2D eigenvalue weighted by Gasteiger charge is -2.06. The van der Waals surface area contributed by atoms with Crippen LogP contribution in [0.3, 0.4) is 0 Å². The molecule has 2 amide bonds. The number of hydrazone groups is 1. The zero-order valence-corrected chi connectivity index (χ0v) is 13.5. The molecule has 2 aromatic carbocycles. The normalized spacial score (nSPS) is 10.4. The second-order valence-corrected chi connectivity index (χ2v) is 5.16. The van der Waals surface area contributed by atoms with Gasteiger partial charge in [-0.1, -0.05) is 41.9 Å². The molecule has 0 unspecified atom stereocenters. The summed E-state index contributed by atoms with van der Waals surface area (Å²) in [6.07, 6.45) is 1.46. The number of benzene rings is 2. The molecule has 0 aliphatic carbocycles. The maximum atomic E-state index is 11.6. The van der Waals surface area contributed by atoms with Crippen molar-refractivity contribution in [3.63, 3.8) is 0 Å². The van der Waals surface area contributed by atoms with Gasteiger partial charge < -0.3 is 10.1 Å². The van der Waals surface area contributed by atoms with Crippen LogP contribution in [-0.4, -0.2) is 31.2 Å². The Bertz CT molecular complexity index is 720. The van der Waals surface area contributed by atoms with Crippen molar-refractivity contribution in [1.29, 1.82) is 0 Å². The van der Waals surface area contributed by atoms with Crippen LogP contribution in [0.15, 0.2) is 59.7 Å². The van der Waals surface area contributed by atoms with Gasteiger partial charge in [-0.05, 0) is 29.8 Å². The summed E-state index contributed by atoms with van der Waals surface area (Å²) in [4.78, 5) is 23.2. The van der Waals surface area contributed by atoms with Crippen LogP contribution in [0.25, 0.3) is 0 Å². The van der Waals surface area contributed by atoms with Gasteiger partial charge in [-0.2, -0.15) is 5.10 Å². The van der Waals surface area contributed by atoms with Crippen molar-refractivity contribution in [3.05, 3.63) is 65.2 Å². The van der Waals surface area contributed by atoms with Gasteiger partial charge >= 0.3 is 0 Å². The van der Waals surface area contributed by atoms with Crippen LogP contribution in [0.4, 0.5) is 0 Å². The molecule has 124 valence electrons. The lowest BCUT2D eigenvalue weighted by molar-refractivity contribution is -0.127. The fourth-order valence-electron chi connectivity index (χ4n) is 1.70. The van der Waals surface area contributed by atoms with E-state index in [-0.39, 0.29) is 13.2 Å². The highest BCUT2D eigenvalue weighted by Gasteiger charge is 2.05. The maximum Gasteiger partial charge on any atom is 0.259 e. The molecule has 0 bridgehead atoms. The molecule has 24 heavy (non-hydrogen) atoms. The molecular weight excluding hydrogens is 330 g/mol. The highest BCUT2D eigenvalue weighted by atomic mass is 35.5. The number of nitrogens with zero attached hydrogens (tertiary/aromatic N) is 1. The Labute approximate surface area is 144 Å². The Balaban J connectivity index is 1.66. The summed E-state index contributed by atoms with van der Waals surface area (Å²) in [6, 6.07) is 16.0. The van der Waals surface area contributed by atoms with E-state index in [2.05, 4.69) is 15.8 Å². The van der Waals surface area contributed by atoms with Gasteiger partial charge in [-0.3, -0.25) is 9.59 Å². The summed E-state index contributed by atoms with van der Waals surface area (Å²) >= 11 is 5.84. The van der Waals surface area contributed by atoms with Crippen LogP contribution in [0.2, 0.25) is 5.02 Å². The van der Waals surface area contributed by atoms with E-state index < -0.39 is 11.8 Å². The molecule has 0 aliphatic heterocycles. The lowest BCUT2D eigenvalue weighted by atomic mass is 10.2. The predicted molar refractivity (Wildman–Crippen MR) is 92.1 cm³/mol. The molecule has 0 atom stereocenters. The summed E-state index contributed by atoms with van der Waals surface area (Å²) in [5.74, 6) is -0.252. The number of para-hydroxylation sites is 1. The Morgan fingerprint density at radius 3 is 2.62 bits per heavy atom. The Morgan fingerprint density at radius 2 is 1.88 bits per heavy atom. The van der Waals surface area contributed by atoms with Crippen LogP contribution in [0.5, 0.6) is 5.75 Å². The van der Waals surface area contributed by atoms with E-state index >= 15 is 0 Å².